The summed E-state index contributed by atoms with van der Waals surface area (Å²) in [5.41, 5.74) is 0. The summed E-state index contributed by atoms with van der Waals surface area (Å²) in [6, 6.07) is 0.412. The molecule has 4 nitrogen and oxygen atoms in total. The largest absolute Gasteiger partial charge is 0.394 e. The van der Waals surface area contributed by atoms with E-state index in [4.69, 9.17) is 10.2 Å². The van der Waals surface area contributed by atoms with Crippen LogP contribution in [0.2, 0.25) is 0 Å². The molecule has 0 saturated heterocycles. The van der Waals surface area contributed by atoms with Crippen LogP contribution < -0.4 is 5.32 Å². The Labute approximate surface area is 78.0 Å². The molecule has 0 aromatic rings. The zero-order valence-electron chi connectivity index (χ0n) is 7.70. The second-order valence-corrected chi connectivity index (χ2v) is 3.57. The normalized spacial score (nSPS) is 18.3. The summed E-state index contributed by atoms with van der Waals surface area (Å²) in [7, 11) is 0. The topological polar surface area (TPSA) is 69.6 Å². The first kappa shape index (κ1) is 10.5. The second-order valence-electron chi connectivity index (χ2n) is 3.57. The van der Waals surface area contributed by atoms with Crippen molar-refractivity contribution in [2.75, 3.05) is 6.61 Å². The second kappa shape index (κ2) is 5.19. The maximum absolute atomic E-state index is 11.1. The molecule has 3 N–H and O–H groups in total. The van der Waals surface area contributed by atoms with Gasteiger partial charge in [0, 0.05) is 12.5 Å². The Balaban J connectivity index is 1.94. The number of carbonyl (C=O) groups excluding carboxylic acids is 1. The first-order valence-electron chi connectivity index (χ1n) is 4.80. The van der Waals surface area contributed by atoms with E-state index in [1.807, 2.05) is 0 Å². The van der Waals surface area contributed by atoms with Crippen molar-refractivity contribution in [3.05, 3.63) is 0 Å². The van der Waals surface area contributed by atoms with Crippen LogP contribution in [0.15, 0.2) is 0 Å². The molecule has 1 saturated carbocycles. The fourth-order valence-corrected chi connectivity index (χ4v) is 1.12. The molecule has 0 aromatic heterocycles. The van der Waals surface area contributed by atoms with E-state index in [-0.39, 0.29) is 12.5 Å². The van der Waals surface area contributed by atoms with Crippen molar-refractivity contribution in [1.82, 2.24) is 5.32 Å². The van der Waals surface area contributed by atoms with Gasteiger partial charge in [-0.2, -0.15) is 0 Å². The molecule has 1 aliphatic carbocycles. The van der Waals surface area contributed by atoms with Crippen LogP contribution >= 0.6 is 0 Å². The molecule has 1 unspecified atom stereocenters. The summed E-state index contributed by atoms with van der Waals surface area (Å²) in [6.07, 6.45) is 3.12. The monoisotopic (exact) mass is 187 g/mol. The standard InChI is InChI=1S/C9H17NO3/c11-6-8(12)2-1-3-9(13)10-7-4-5-7/h7-8,11-12H,1-6H2,(H,10,13). The van der Waals surface area contributed by atoms with Gasteiger partial charge in [0.2, 0.25) is 5.91 Å². The zero-order valence-corrected chi connectivity index (χ0v) is 7.70. The number of aliphatic hydroxyl groups is 2. The Hall–Kier alpha value is -0.610. The molecule has 0 heterocycles. The predicted molar refractivity (Wildman–Crippen MR) is 48.1 cm³/mol. The van der Waals surface area contributed by atoms with Gasteiger partial charge in [-0.05, 0) is 25.7 Å². The van der Waals surface area contributed by atoms with Crippen LogP contribution in [0.25, 0.3) is 0 Å². The Morgan fingerprint density at radius 2 is 2.23 bits per heavy atom. The lowest BCUT2D eigenvalue weighted by atomic mass is 10.1. The smallest absolute Gasteiger partial charge is 0.220 e. The zero-order chi connectivity index (χ0) is 9.68. The van der Waals surface area contributed by atoms with Gasteiger partial charge in [0.1, 0.15) is 0 Å². The van der Waals surface area contributed by atoms with Crippen LogP contribution in [0.1, 0.15) is 32.1 Å². The van der Waals surface area contributed by atoms with E-state index in [9.17, 15) is 4.79 Å². The summed E-state index contributed by atoms with van der Waals surface area (Å²) >= 11 is 0. The molecule has 1 aliphatic rings. The number of hydrogen-bond donors (Lipinski definition) is 3. The highest BCUT2D eigenvalue weighted by atomic mass is 16.3. The highest BCUT2D eigenvalue weighted by Crippen LogP contribution is 2.18. The van der Waals surface area contributed by atoms with Crippen LogP contribution in [-0.4, -0.2) is 34.9 Å². The van der Waals surface area contributed by atoms with E-state index in [0.717, 1.165) is 12.8 Å². The summed E-state index contributed by atoms with van der Waals surface area (Å²) < 4.78 is 0. The first-order chi connectivity index (χ1) is 6.22. The third-order valence-corrected chi connectivity index (χ3v) is 2.09. The van der Waals surface area contributed by atoms with Gasteiger partial charge < -0.3 is 15.5 Å². The first-order valence-corrected chi connectivity index (χ1v) is 4.80. The minimum Gasteiger partial charge on any atom is -0.394 e. The van der Waals surface area contributed by atoms with Crippen molar-refractivity contribution < 1.29 is 15.0 Å². The Kier molecular flexibility index (Phi) is 4.18. The number of hydrogen-bond acceptors (Lipinski definition) is 3. The molecule has 13 heavy (non-hydrogen) atoms. The van der Waals surface area contributed by atoms with E-state index in [2.05, 4.69) is 5.32 Å². The average Bonchev–Trinajstić information content (AvgIpc) is 2.88. The summed E-state index contributed by atoms with van der Waals surface area (Å²) in [4.78, 5) is 11.1. The lowest BCUT2D eigenvalue weighted by Crippen LogP contribution is -2.25. The van der Waals surface area contributed by atoms with Gasteiger partial charge in [-0.15, -0.1) is 0 Å². The fraction of sp³-hybridized carbons (Fsp3) is 0.889. The third kappa shape index (κ3) is 4.85. The van der Waals surface area contributed by atoms with E-state index in [1.165, 1.54) is 0 Å². The SMILES string of the molecule is O=C(CCCC(O)CO)NC1CC1. The van der Waals surface area contributed by atoms with Crippen molar-refractivity contribution in [2.45, 2.75) is 44.2 Å². The quantitative estimate of drug-likeness (QED) is 0.539. The Morgan fingerprint density at radius 1 is 1.54 bits per heavy atom. The molecular formula is C9H17NO3. The van der Waals surface area contributed by atoms with Gasteiger partial charge in [-0.3, -0.25) is 4.79 Å². The summed E-state index contributed by atoms with van der Waals surface area (Å²) in [6.45, 7) is -0.218. The maximum atomic E-state index is 11.1. The summed E-state index contributed by atoms with van der Waals surface area (Å²) in [5, 5.41) is 20.4. The molecule has 1 amide bonds. The van der Waals surface area contributed by atoms with Crippen molar-refractivity contribution in [1.29, 1.82) is 0 Å². The third-order valence-electron chi connectivity index (χ3n) is 2.09. The number of rotatable bonds is 6. The Bertz CT molecular complexity index is 168. The number of nitrogens with one attached hydrogen (secondary N) is 1. The van der Waals surface area contributed by atoms with Crippen molar-refractivity contribution in [3.63, 3.8) is 0 Å². The van der Waals surface area contributed by atoms with Crippen LogP contribution in [0.4, 0.5) is 0 Å². The molecule has 0 bridgehead atoms. The van der Waals surface area contributed by atoms with E-state index in [1.54, 1.807) is 0 Å². The van der Waals surface area contributed by atoms with E-state index < -0.39 is 6.10 Å². The van der Waals surface area contributed by atoms with Gasteiger partial charge in [0.05, 0.1) is 12.7 Å². The van der Waals surface area contributed by atoms with Crippen molar-refractivity contribution in [2.24, 2.45) is 0 Å². The lowest BCUT2D eigenvalue weighted by Gasteiger charge is -2.06. The molecule has 0 spiro atoms. The van der Waals surface area contributed by atoms with Gasteiger partial charge in [-0.25, -0.2) is 0 Å². The lowest BCUT2D eigenvalue weighted by molar-refractivity contribution is -0.121. The molecule has 0 radical (unpaired) electrons. The number of amides is 1. The number of carbonyl (C=O) groups is 1. The molecule has 76 valence electrons. The highest BCUT2D eigenvalue weighted by Gasteiger charge is 2.22. The van der Waals surface area contributed by atoms with Gasteiger partial charge in [-0.1, -0.05) is 0 Å². The highest BCUT2D eigenvalue weighted by molar-refractivity contribution is 5.76. The van der Waals surface area contributed by atoms with Gasteiger partial charge in [0.25, 0.3) is 0 Å². The minimum atomic E-state index is -0.672. The molecule has 0 aliphatic heterocycles. The maximum Gasteiger partial charge on any atom is 0.220 e. The van der Waals surface area contributed by atoms with Crippen molar-refractivity contribution in [3.8, 4) is 0 Å². The molecular weight excluding hydrogens is 170 g/mol. The van der Waals surface area contributed by atoms with Crippen LogP contribution in [0.5, 0.6) is 0 Å². The Morgan fingerprint density at radius 3 is 2.77 bits per heavy atom. The predicted octanol–water partition coefficient (Wildman–Crippen LogP) is -0.212. The average molecular weight is 187 g/mol. The van der Waals surface area contributed by atoms with Crippen LogP contribution in [0.3, 0.4) is 0 Å². The van der Waals surface area contributed by atoms with Crippen LogP contribution in [0, 0.1) is 0 Å². The minimum absolute atomic E-state index is 0.0626. The van der Waals surface area contributed by atoms with E-state index >= 15 is 0 Å². The molecule has 1 atom stereocenters. The molecule has 0 aromatic carbocycles. The van der Waals surface area contributed by atoms with E-state index in [0.29, 0.717) is 25.3 Å². The summed E-state index contributed by atoms with van der Waals surface area (Å²) in [5.74, 6) is 0.0626. The molecule has 1 rings (SSSR count). The van der Waals surface area contributed by atoms with Crippen molar-refractivity contribution >= 4 is 5.91 Å². The number of aliphatic hydroxyl groups excluding tert-OH is 2. The van der Waals surface area contributed by atoms with Gasteiger partial charge >= 0.3 is 0 Å². The molecule has 1 fully saturated rings. The molecule has 4 heteroatoms. The van der Waals surface area contributed by atoms with Crippen LogP contribution in [-0.2, 0) is 4.79 Å². The van der Waals surface area contributed by atoms with Gasteiger partial charge in [0.15, 0.2) is 0 Å². The fourth-order valence-electron chi connectivity index (χ4n) is 1.12.